The van der Waals surface area contributed by atoms with Gasteiger partial charge in [0.2, 0.25) is 0 Å². The summed E-state index contributed by atoms with van der Waals surface area (Å²) in [4.78, 5) is 40.2. The van der Waals surface area contributed by atoms with Gasteiger partial charge in [0.25, 0.3) is 0 Å². The Balaban J connectivity index is 1.67. The van der Waals surface area contributed by atoms with E-state index in [0.29, 0.717) is 39.7 Å². The summed E-state index contributed by atoms with van der Waals surface area (Å²) in [7, 11) is 2.87. The number of methoxy groups -OCH3 is 2. The van der Waals surface area contributed by atoms with Gasteiger partial charge >= 0.3 is 5.97 Å². The van der Waals surface area contributed by atoms with Crippen LogP contribution in [0, 0.1) is 0 Å². The molecule has 3 aromatic rings. The molecular formula is C28H24ClNO6. The first-order valence-electron chi connectivity index (χ1n) is 11.5. The maximum atomic E-state index is 13.7. The zero-order valence-corrected chi connectivity index (χ0v) is 20.8. The second-order valence-electron chi connectivity index (χ2n) is 8.95. The van der Waals surface area contributed by atoms with Gasteiger partial charge in [-0.05, 0) is 55.2 Å². The van der Waals surface area contributed by atoms with Crippen molar-refractivity contribution in [2.75, 3.05) is 14.2 Å². The van der Waals surface area contributed by atoms with Crippen LogP contribution in [-0.2, 0) is 14.3 Å². The number of fused-ring (bicyclic) bond motifs is 1. The van der Waals surface area contributed by atoms with E-state index in [1.165, 1.54) is 19.4 Å². The Labute approximate surface area is 212 Å². The fourth-order valence-corrected chi connectivity index (χ4v) is 5.35. The van der Waals surface area contributed by atoms with Gasteiger partial charge < -0.3 is 19.2 Å². The number of ether oxygens (including phenoxy) is 2. The quantitative estimate of drug-likeness (QED) is 0.499. The lowest BCUT2D eigenvalue weighted by molar-refractivity contribution is -0.136. The van der Waals surface area contributed by atoms with Gasteiger partial charge in [0.05, 0.1) is 37.4 Å². The molecule has 0 fully saturated rings. The monoisotopic (exact) mass is 505 g/mol. The number of carbonyl (C=O) groups is 2. The second-order valence-corrected chi connectivity index (χ2v) is 9.38. The van der Waals surface area contributed by atoms with Crippen LogP contribution in [0.5, 0.6) is 5.75 Å². The summed E-state index contributed by atoms with van der Waals surface area (Å²) in [5.41, 5.74) is 2.97. The number of Topliss-reactive ketones (excluding diaryl/α,β-unsaturated/α-hetero) is 1. The number of halogens is 1. The van der Waals surface area contributed by atoms with Gasteiger partial charge in [-0.2, -0.15) is 0 Å². The lowest BCUT2D eigenvalue weighted by Gasteiger charge is -2.36. The third-order valence-corrected chi connectivity index (χ3v) is 7.11. The average molecular weight is 506 g/mol. The summed E-state index contributed by atoms with van der Waals surface area (Å²) in [6.45, 7) is 1.74. The van der Waals surface area contributed by atoms with Crippen molar-refractivity contribution in [2.24, 2.45) is 0 Å². The van der Waals surface area contributed by atoms with Gasteiger partial charge in [-0.3, -0.25) is 9.59 Å². The standard InChI is InChI=1S/C28H24ClNO6/c1-14-24(28(33)35-3)25(20-13-36-23-8-7-17(29)12-19(23)27(20)32)26-21(30-14)10-16(11-22(26)31)15-5-4-6-18(9-15)34-2/h4-9,12-13,16,25,30H,10-11H2,1-3H3/t16-,25+/m1/s1. The number of nitrogens with one attached hydrogen (secondary N) is 1. The van der Waals surface area contributed by atoms with Gasteiger partial charge in [0, 0.05) is 34.0 Å². The lowest BCUT2D eigenvalue weighted by atomic mass is 9.72. The number of ketones is 1. The summed E-state index contributed by atoms with van der Waals surface area (Å²) in [6, 6.07) is 12.4. The van der Waals surface area contributed by atoms with Crippen molar-refractivity contribution in [3.05, 3.63) is 97.6 Å². The van der Waals surface area contributed by atoms with Crippen LogP contribution in [0.3, 0.4) is 0 Å². The average Bonchev–Trinajstić information content (AvgIpc) is 2.88. The molecule has 1 N–H and O–H groups in total. The van der Waals surface area contributed by atoms with Crippen molar-refractivity contribution in [3.8, 4) is 5.75 Å². The first-order chi connectivity index (χ1) is 17.3. The molecule has 0 unspecified atom stereocenters. The third kappa shape index (κ3) is 3.99. The van der Waals surface area contributed by atoms with E-state index >= 15 is 0 Å². The Morgan fingerprint density at radius 1 is 1.11 bits per heavy atom. The molecule has 0 saturated carbocycles. The minimum atomic E-state index is -0.924. The number of benzene rings is 2. The van der Waals surface area contributed by atoms with Gasteiger partial charge in [-0.1, -0.05) is 23.7 Å². The van der Waals surface area contributed by atoms with E-state index < -0.39 is 11.9 Å². The number of rotatable bonds is 4. The van der Waals surface area contributed by atoms with E-state index in [0.717, 1.165) is 5.56 Å². The molecule has 184 valence electrons. The maximum absolute atomic E-state index is 13.7. The van der Waals surface area contributed by atoms with Crippen LogP contribution >= 0.6 is 11.6 Å². The molecule has 0 bridgehead atoms. The highest BCUT2D eigenvalue weighted by atomic mass is 35.5. The van der Waals surface area contributed by atoms with Gasteiger partial charge in [-0.25, -0.2) is 4.79 Å². The van der Waals surface area contributed by atoms with Crippen molar-refractivity contribution in [2.45, 2.75) is 31.6 Å². The molecule has 8 heteroatoms. The van der Waals surface area contributed by atoms with E-state index in [1.807, 2.05) is 24.3 Å². The maximum Gasteiger partial charge on any atom is 0.336 e. The van der Waals surface area contributed by atoms with Crippen molar-refractivity contribution in [1.82, 2.24) is 5.32 Å². The number of carbonyl (C=O) groups excluding carboxylic acids is 2. The first kappa shape index (κ1) is 23.9. The molecule has 2 aromatic carbocycles. The fourth-order valence-electron chi connectivity index (χ4n) is 5.18. The zero-order valence-electron chi connectivity index (χ0n) is 20.0. The molecule has 1 aliphatic heterocycles. The van der Waals surface area contributed by atoms with Crippen molar-refractivity contribution in [3.63, 3.8) is 0 Å². The minimum Gasteiger partial charge on any atom is -0.497 e. The molecule has 2 atom stereocenters. The number of esters is 1. The summed E-state index contributed by atoms with van der Waals surface area (Å²) >= 11 is 6.14. The highest BCUT2D eigenvalue weighted by molar-refractivity contribution is 6.31. The smallest absolute Gasteiger partial charge is 0.336 e. The number of hydrogen-bond acceptors (Lipinski definition) is 7. The molecular weight excluding hydrogens is 482 g/mol. The summed E-state index contributed by atoms with van der Waals surface area (Å²) in [5, 5.41) is 3.92. The Morgan fingerprint density at radius 2 is 1.92 bits per heavy atom. The Hall–Kier alpha value is -3.84. The van der Waals surface area contributed by atoms with Crippen LogP contribution < -0.4 is 15.5 Å². The zero-order chi connectivity index (χ0) is 25.6. The van der Waals surface area contributed by atoms with E-state index in [-0.39, 0.29) is 40.1 Å². The number of hydrogen-bond donors (Lipinski definition) is 1. The van der Waals surface area contributed by atoms with Crippen LogP contribution in [0.25, 0.3) is 11.0 Å². The lowest BCUT2D eigenvalue weighted by Crippen LogP contribution is -2.37. The molecule has 1 aliphatic carbocycles. The summed E-state index contributed by atoms with van der Waals surface area (Å²) in [5.74, 6) is -1.07. The topological polar surface area (TPSA) is 94.8 Å². The van der Waals surface area contributed by atoms with Crippen molar-refractivity contribution < 1.29 is 23.5 Å². The number of allylic oxidation sites excluding steroid dienone is 3. The molecule has 1 aromatic heterocycles. The summed E-state index contributed by atoms with van der Waals surface area (Å²) < 4.78 is 16.2. The molecule has 0 spiro atoms. The van der Waals surface area contributed by atoms with Crippen LogP contribution in [0.15, 0.2) is 80.5 Å². The van der Waals surface area contributed by atoms with Gasteiger partial charge in [0.15, 0.2) is 11.2 Å². The Kier molecular flexibility index (Phi) is 6.18. The van der Waals surface area contributed by atoms with E-state index in [4.69, 9.17) is 25.5 Å². The third-order valence-electron chi connectivity index (χ3n) is 6.87. The molecule has 2 heterocycles. The minimum absolute atomic E-state index is 0.0844. The van der Waals surface area contributed by atoms with Crippen molar-refractivity contribution >= 4 is 34.3 Å². The molecule has 0 saturated heterocycles. The second kappa shape index (κ2) is 9.32. The molecule has 7 nitrogen and oxygen atoms in total. The molecule has 5 rings (SSSR count). The van der Waals surface area contributed by atoms with E-state index in [1.54, 1.807) is 26.2 Å². The highest BCUT2D eigenvalue weighted by Gasteiger charge is 2.42. The SMILES string of the molecule is COC(=O)C1=C(C)NC2=C(C(=O)C[C@H](c3cccc(OC)c3)C2)[C@H]1c1coc2ccc(Cl)cc2c1=O. The first-order valence-corrected chi connectivity index (χ1v) is 11.9. The normalized spacial score (nSPS) is 19.7. The predicted octanol–water partition coefficient (Wildman–Crippen LogP) is 4.99. The predicted molar refractivity (Wildman–Crippen MR) is 135 cm³/mol. The van der Waals surface area contributed by atoms with Crippen LogP contribution in [-0.4, -0.2) is 26.0 Å². The van der Waals surface area contributed by atoms with E-state index in [2.05, 4.69) is 5.32 Å². The van der Waals surface area contributed by atoms with Gasteiger partial charge in [-0.15, -0.1) is 0 Å². The largest absolute Gasteiger partial charge is 0.497 e. The fraction of sp³-hybridized carbons (Fsp3) is 0.250. The Bertz CT molecular complexity index is 1530. The Morgan fingerprint density at radius 3 is 2.67 bits per heavy atom. The number of dihydropyridines is 1. The summed E-state index contributed by atoms with van der Waals surface area (Å²) in [6.07, 6.45) is 2.08. The van der Waals surface area contributed by atoms with Crippen molar-refractivity contribution in [1.29, 1.82) is 0 Å². The highest BCUT2D eigenvalue weighted by Crippen LogP contribution is 2.45. The molecule has 0 radical (unpaired) electrons. The molecule has 36 heavy (non-hydrogen) atoms. The van der Waals surface area contributed by atoms with Gasteiger partial charge in [0.1, 0.15) is 11.3 Å². The molecule has 0 amide bonds. The molecule has 2 aliphatic rings. The van der Waals surface area contributed by atoms with Crippen LogP contribution in [0.4, 0.5) is 0 Å². The van der Waals surface area contributed by atoms with E-state index in [9.17, 15) is 14.4 Å². The van der Waals surface area contributed by atoms with Crippen LogP contribution in [0.1, 0.15) is 42.7 Å². The van der Waals surface area contributed by atoms with Crippen LogP contribution in [0.2, 0.25) is 5.02 Å².